The van der Waals surface area contributed by atoms with Crippen molar-refractivity contribution in [2.75, 3.05) is 0 Å². The summed E-state index contributed by atoms with van der Waals surface area (Å²) < 4.78 is 18.8. The summed E-state index contributed by atoms with van der Waals surface area (Å²) in [5, 5.41) is 6.58. The largest absolute Gasteiger partial charge is 0.340 e. The maximum atomic E-state index is 13.6. The van der Waals surface area contributed by atoms with E-state index in [1.165, 1.54) is 18.2 Å². The molecule has 6 heteroatoms. The molecule has 0 bridgehead atoms. The average molecular weight is 325 g/mol. The Kier molecular flexibility index (Phi) is 4.37. The van der Waals surface area contributed by atoms with Crippen molar-refractivity contribution in [1.82, 2.24) is 15.5 Å². The molecule has 0 aliphatic heterocycles. The molecule has 3 rings (SSSR count). The van der Waals surface area contributed by atoms with Crippen molar-refractivity contribution in [3.8, 4) is 11.4 Å². The minimum Gasteiger partial charge on any atom is -0.340 e. The SMILES string of the molecule is Cc1ccc(-c2noc(C(C)NC(=O)c3ccccc3F)n2)cc1. The minimum atomic E-state index is -0.576. The molecule has 0 saturated heterocycles. The molecule has 0 radical (unpaired) electrons. The Morgan fingerprint density at radius 1 is 1.17 bits per heavy atom. The van der Waals surface area contributed by atoms with Gasteiger partial charge in [0.2, 0.25) is 11.7 Å². The molecule has 1 aromatic heterocycles. The highest BCUT2D eigenvalue weighted by atomic mass is 19.1. The third-order valence-corrected chi connectivity index (χ3v) is 3.59. The van der Waals surface area contributed by atoms with E-state index in [2.05, 4.69) is 15.5 Å². The molecule has 1 amide bonds. The second kappa shape index (κ2) is 6.62. The van der Waals surface area contributed by atoms with E-state index in [4.69, 9.17) is 4.52 Å². The van der Waals surface area contributed by atoms with Crippen LogP contribution in [0, 0.1) is 12.7 Å². The van der Waals surface area contributed by atoms with Gasteiger partial charge >= 0.3 is 0 Å². The van der Waals surface area contributed by atoms with Crippen LogP contribution in [0.5, 0.6) is 0 Å². The van der Waals surface area contributed by atoms with Crippen LogP contribution >= 0.6 is 0 Å². The van der Waals surface area contributed by atoms with Crippen LogP contribution in [0.15, 0.2) is 53.1 Å². The van der Waals surface area contributed by atoms with Crippen molar-refractivity contribution in [2.24, 2.45) is 0 Å². The molecule has 0 aliphatic rings. The predicted octanol–water partition coefficient (Wildman–Crippen LogP) is 3.68. The van der Waals surface area contributed by atoms with Crippen molar-refractivity contribution in [2.45, 2.75) is 19.9 Å². The van der Waals surface area contributed by atoms with Gasteiger partial charge in [-0.2, -0.15) is 4.98 Å². The monoisotopic (exact) mass is 325 g/mol. The van der Waals surface area contributed by atoms with Gasteiger partial charge in [-0.3, -0.25) is 4.79 Å². The Morgan fingerprint density at radius 2 is 1.88 bits per heavy atom. The minimum absolute atomic E-state index is 0.0253. The van der Waals surface area contributed by atoms with Gasteiger partial charge in [0.05, 0.1) is 5.56 Å². The lowest BCUT2D eigenvalue weighted by atomic mass is 10.1. The Morgan fingerprint density at radius 3 is 2.58 bits per heavy atom. The van der Waals surface area contributed by atoms with Gasteiger partial charge in [0.25, 0.3) is 5.91 Å². The van der Waals surface area contributed by atoms with Crippen molar-refractivity contribution in [3.05, 3.63) is 71.4 Å². The first-order chi connectivity index (χ1) is 11.5. The predicted molar refractivity (Wildman–Crippen MR) is 86.8 cm³/mol. The normalized spacial score (nSPS) is 12.0. The van der Waals surface area contributed by atoms with Crippen LogP contribution < -0.4 is 5.32 Å². The average Bonchev–Trinajstić information content (AvgIpc) is 3.06. The molecule has 0 fully saturated rings. The van der Waals surface area contributed by atoms with E-state index < -0.39 is 17.8 Å². The van der Waals surface area contributed by atoms with Crippen molar-refractivity contribution >= 4 is 5.91 Å². The number of nitrogens with one attached hydrogen (secondary N) is 1. The first-order valence-corrected chi connectivity index (χ1v) is 7.50. The fourth-order valence-electron chi connectivity index (χ4n) is 2.21. The first-order valence-electron chi connectivity index (χ1n) is 7.50. The summed E-state index contributed by atoms with van der Waals surface area (Å²) in [5.41, 5.74) is 1.93. The second-order valence-electron chi connectivity index (χ2n) is 5.50. The Balaban J connectivity index is 1.74. The number of carbonyl (C=O) groups excluding carboxylic acids is 1. The third kappa shape index (κ3) is 3.32. The number of benzene rings is 2. The summed E-state index contributed by atoms with van der Waals surface area (Å²) >= 11 is 0. The highest BCUT2D eigenvalue weighted by Gasteiger charge is 2.19. The van der Waals surface area contributed by atoms with Gasteiger partial charge in [0.15, 0.2) is 0 Å². The molecule has 1 atom stereocenters. The summed E-state index contributed by atoms with van der Waals surface area (Å²) in [5.74, 6) is -0.406. The quantitative estimate of drug-likeness (QED) is 0.794. The molecule has 2 aromatic carbocycles. The zero-order valence-electron chi connectivity index (χ0n) is 13.3. The van der Waals surface area contributed by atoms with Crippen LogP contribution in [0.25, 0.3) is 11.4 Å². The third-order valence-electron chi connectivity index (χ3n) is 3.59. The van der Waals surface area contributed by atoms with E-state index in [1.54, 1.807) is 13.0 Å². The molecule has 24 heavy (non-hydrogen) atoms. The van der Waals surface area contributed by atoms with Crippen LogP contribution in [0.3, 0.4) is 0 Å². The van der Waals surface area contributed by atoms with Gasteiger partial charge in [0.1, 0.15) is 11.9 Å². The summed E-state index contributed by atoms with van der Waals surface area (Å²) in [6.45, 7) is 3.69. The van der Waals surface area contributed by atoms with Crippen molar-refractivity contribution in [3.63, 3.8) is 0 Å². The zero-order chi connectivity index (χ0) is 17.1. The smallest absolute Gasteiger partial charge is 0.254 e. The topological polar surface area (TPSA) is 68.0 Å². The van der Waals surface area contributed by atoms with Gasteiger partial charge in [0, 0.05) is 5.56 Å². The molecule has 3 aromatic rings. The fourth-order valence-corrected chi connectivity index (χ4v) is 2.21. The molecule has 1 N–H and O–H groups in total. The zero-order valence-corrected chi connectivity index (χ0v) is 13.3. The van der Waals surface area contributed by atoms with Crippen LogP contribution in [0.2, 0.25) is 0 Å². The molecule has 0 aliphatic carbocycles. The fraction of sp³-hybridized carbons (Fsp3) is 0.167. The maximum Gasteiger partial charge on any atom is 0.254 e. The number of nitrogens with zero attached hydrogens (tertiary/aromatic N) is 2. The van der Waals surface area contributed by atoms with E-state index >= 15 is 0 Å². The standard InChI is InChI=1S/C18H16FN3O2/c1-11-7-9-13(10-8-11)16-21-18(24-22-16)12(2)20-17(23)14-5-3-4-6-15(14)19/h3-10,12H,1-2H3,(H,20,23). The van der Waals surface area contributed by atoms with Gasteiger partial charge in [-0.15, -0.1) is 0 Å². The number of aryl methyl sites for hydroxylation is 1. The molecule has 5 nitrogen and oxygen atoms in total. The highest BCUT2D eigenvalue weighted by Crippen LogP contribution is 2.19. The number of rotatable bonds is 4. The maximum absolute atomic E-state index is 13.6. The summed E-state index contributed by atoms with van der Waals surface area (Å²) in [4.78, 5) is 16.4. The van der Waals surface area contributed by atoms with E-state index in [-0.39, 0.29) is 11.5 Å². The van der Waals surface area contributed by atoms with E-state index in [0.29, 0.717) is 5.82 Å². The number of hydrogen-bond donors (Lipinski definition) is 1. The number of amides is 1. The lowest BCUT2D eigenvalue weighted by molar-refractivity contribution is 0.0928. The highest BCUT2D eigenvalue weighted by molar-refractivity contribution is 5.94. The molecule has 0 spiro atoms. The number of hydrogen-bond acceptors (Lipinski definition) is 4. The molecule has 122 valence electrons. The Bertz CT molecular complexity index is 859. The van der Waals surface area contributed by atoms with Gasteiger partial charge < -0.3 is 9.84 Å². The number of carbonyl (C=O) groups is 1. The van der Waals surface area contributed by atoms with E-state index in [9.17, 15) is 9.18 Å². The van der Waals surface area contributed by atoms with Crippen LogP contribution in [-0.2, 0) is 0 Å². The number of halogens is 1. The van der Waals surface area contributed by atoms with Crippen LogP contribution in [0.4, 0.5) is 4.39 Å². The Hall–Kier alpha value is -3.02. The lowest BCUT2D eigenvalue weighted by Crippen LogP contribution is -2.27. The molecule has 1 heterocycles. The van der Waals surface area contributed by atoms with E-state index in [0.717, 1.165) is 11.1 Å². The van der Waals surface area contributed by atoms with Crippen LogP contribution in [0.1, 0.15) is 34.8 Å². The molecular weight excluding hydrogens is 309 g/mol. The summed E-state index contributed by atoms with van der Waals surface area (Å²) in [6.07, 6.45) is 0. The lowest BCUT2D eigenvalue weighted by Gasteiger charge is -2.10. The Labute approximate surface area is 138 Å². The molecule has 0 saturated carbocycles. The van der Waals surface area contributed by atoms with Gasteiger partial charge in [-0.1, -0.05) is 47.1 Å². The van der Waals surface area contributed by atoms with Crippen molar-refractivity contribution in [1.29, 1.82) is 0 Å². The summed E-state index contributed by atoms with van der Waals surface area (Å²) in [7, 11) is 0. The first kappa shape index (κ1) is 15.9. The van der Waals surface area contributed by atoms with Crippen molar-refractivity contribution < 1.29 is 13.7 Å². The van der Waals surface area contributed by atoms with Gasteiger partial charge in [-0.25, -0.2) is 4.39 Å². The molecule has 1 unspecified atom stereocenters. The van der Waals surface area contributed by atoms with E-state index in [1.807, 2.05) is 31.2 Å². The second-order valence-corrected chi connectivity index (χ2v) is 5.50. The van der Waals surface area contributed by atoms with Crippen LogP contribution in [-0.4, -0.2) is 16.0 Å². The summed E-state index contributed by atoms with van der Waals surface area (Å²) in [6, 6.07) is 12.9. The van der Waals surface area contributed by atoms with Gasteiger partial charge in [-0.05, 0) is 26.0 Å². The number of aromatic nitrogens is 2. The molecular formula is C18H16FN3O2.